The van der Waals surface area contributed by atoms with Crippen LogP contribution in [-0.2, 0) is 0 Å². The van der Waals surface area contributed by atoms with Gasteiger partial charge in [-0.1, -0.05) is 46.3 Å². The average Bonchev–Trinajstić information content (AvgIpc) is 3.28. The molecule has 3 heterocycles. The number of imidazole rings is 1. The molecule has 4 aromatic rings. The molecular weight excluding hydrogens is 394 g/mol. The number of allylic oxidation sites excluding steroid dienone is 1. The Hall–Kier alpha value is -2.37. The van der Waals surface area contributed by atoms with Crippen LogP contribution in [0.5, 0.6) is 0 Å². The Kier molecular flexibility index (Phi) is 3.50. The number of para-hydroxylation sites is 2. The van der Waals surface area contributed by atoms with Gasteiger partial charge in [0.2, 0.25) is 5.95 Å². The van der Waals surface area contributed by atoms with Crippen molar-refractivity contribution in [2.24, 2.45) is 0 Å². The van der Waals surface area contributed by atoms with Gasteiger partial charge in [-0.15, -0.1) is 11.3 Å². The van der Waals surface area contributed by atoms with Crippen LogP contribution < -0.4 is 5.32 Å². The van der Waals surface area contributed by atoms with E-state index in [1.165, 1.54) is 4.88 Å². The third kappa shape index (κ3) is 2.51. The molecule has 2 aromatic carbocycles. The predicted molar refractivity (Wildman–Crippen MR) is 108 cm³/mol. The molecule has 1 atom stereocenters. The third-order valence-electron chi connectivity index (χ3n) is 4.42. The van der Waals surface area contributed by atoms with Crippen LogP contribution >= 0.6 is 27.3 Å². The molecular formula is C20H14BrN3S. The zero-order chi connectivity index (χ0) is 16.8. The summed E-state index contributed by atoms with van der Waals surface area (Å²) in [4.78, 5) is 6.12. The number of fused-ring (bicyclic) bond motifs is 3. The summed E-state index contributed by atoms with van der Waals surface area (Å²) in [5.41, 5.74) is 4.39. The maximum atomic E-state index is 4.82. The highest BCUT2D eigenvalue weighted by atomic mass is 79.9. The SMILES string of the molecule is Brc1cccc(C2=C[C@@H](c3cccs3)n3c(nc4ccccc43)N2)c1. The van der Waals surface area contributed by atoms with E-state index >= 15 is 0 Å². The molecule has 0 unspecified atom stereocenters. The van der Waals surface area contributed by atoms with Crippen molar-refractivity contribution >= 4 is 49.9 Å². The maximum Gasteiger partial charge on any atom is 0.209 e. The monoisotopic (exact) mass is 407 g/mol. The lowest BCUT2D eigenvalue weighted by molar-refractivity contribution is 0.733. The number of anilines is 1. The molecule has 0 spiro atoms. The molecule has 25 heavy (non-hydrogen) atoms. The molecule has 0 aliphatic carbocycles. The first-order valence-electron chi connectivity index (χ1n) is 8.05. The van der Waals surface area contributed by atoms with Gasteiger partial charge in [-0.25, -0.2) is 4.98 Å². The quantitative estimate of drug-likeness (QED) is 0.447. The second kappa shape index (κ2) is 5.86. The Morgan fingerprint density at radius 3 is 2.80 bits per heavy atom. The van der Waals surface area contributed by atoms with Gasteiger partial charge < -0.3 is 5.32 Å². The number of nitrogens with zero attached hydrogens (tertiary/aromatic N) is 2. The van der Waals surface area contributed by atoms with E-state index in [1.54, 1.807) is 11.3 Å². The number of nitrogens with one attached hydrogen (secondary N) is 1. The van der Waals surface area contributed by atoms with Crippen LogP contribution in [0.4, 0.5) is 5.95 Å². The first kappa shape index (κ1) is 14.9. The van der Waals surface area contributed by atoms with Crippen molar-refractivity contribution in [1.82, 2.24) is 9.55 Å². The second-order valence-electron chi connectivity index (χ2n) is 5.97. The summed E-state index contributed by atoms with van der Waals surface area (Å²) in [6.07, 6.45) is 2.29. The van der Waals surface area contributed by atoms with Crippen LogP contribution in [0.1, 0.15) is 16.5 Å². The zero-order valence-electron chi connectivity index (χ0n) is 13.2. The fraction of sp³-hybridized carbons (Fsp3) is 0.0500. The second-order valence-corrected chi connectivity index (χ2v) is 7.87. The van der Waals surface area contributed by atoms with Gasteiger partial charge in [0, 0.05) is 15.0 Å². The number of halogens is 1. The molecule has 1 N–H and O–H groups in total. The first-order chi connectivity index (χ1) is 12.3. The summed E-state index contributed by atoms with van der Waals surface area (Å²) >= 11 is 5.34. The van der Waals surface area contributed by atoms with Gasteiger partial charge in [0.15, 0.2) is 0 Å². The van der Waals surface area contributed by atoms with Crippen molar-refractivity contribution < 1.29 is 0 Å². The number of rotatable bonds is 2. The zero-order valence-corrected chi connectivity index (χ0v) is 15.6. The number of thiophene rings is 1. The van der Waals surface area contributed by atoms with E-state index in [0.29, 0.717) is 0 Å². The lowest BCUT2D eigenvalue weighted by Gasteiger charge is -2.25. The minimum absolute atomic E-state index is 0.137. The first-order valence-corrected chi connectivity index (χ1v) is 9.72. The van der Waals surface area contributed by atoms with Crippen LogP contribution in [0.3, 0.4) is 0 Å². The van der Waals surface area contributed by atoms with E-state index in [0.717, 1.165) is 32.7 Å². The summed E-state index contributed by atoms with van der Waals surface area (Å²) in [6.45, 7) is 0. The van der Waals surface area contributed by atoms with Crippen molar-refractivity contribution in [2.45, 2.75) is 6.04 Å². The molecule has 5 heteroatoms. The molecule has 0 amide bonds. The van der Waals surface area contributed by atoms with E-state index in [-0.39, 0.29) is 6.04 Å². The van der Waals surface area contributed by atoms with Crippen LogP contribution in [0.15, 0.2) is 76.6 Å². The summed E-state index contributed by atoms with van der Waals surface area (Å²) in [6, 6.07) is 21.1. The van der Waals surface area contributed by atoms with Crippen molar-refractivity contribution in [2.75, 3.05) is 5.32 Å². The molecule has 0 saturated carbocycles. The molecule has 122 valence electrons. The third-order valence-corrected chi connectivity index (χ3v) is 5.85. The number of benzene rings is 2. The normalized spacial score (nSPS) is 16.4. The number of aromatic nitrogens is 2. The van der Waals surface area contributed by atoms with Gasteiger partial charge in [0.1, 0.15) is 0 Å². The Bertz CT molecular complexity index is 1100. The molecule has 1 aliphatic heterocycles. The van der Waals surface area contributed by atoms with E-state index < -0.39 is 0 Å². The minimum atomic E-state index is 0.137. The van der Waals surface area contributed by atoms with Gasteiger partial charge in [-0.05, 0) is 47.4 Å². The van der Waals surface area contributed by atoms with Crippen LogP contribution in [0.2, 0.25) is 0 Å². The fourth-order valence-corrected chi connectivity index (χ4v) is 4.49. The van der Waals surface area contributed by atoms with E-state index in [4.69, 9.17) is 4.98 Å². The summed E-state index contributed by atoms with van der Waals surface area (Å²) in [5.74, 6) is 0.886. The number of hydrogen-bond donors (Lipinski definition) is 1. The topological polar surface area (TPSA) is 29.9 Å². The molecule has 0 saturated heterocycles. The Balaban J connectivity index is 1.73. The van der Waals surface area contributed by atoms with E-state index in [2.05, 4.69) is 85.8 Å². The van der Waals surface area contributed by atoms with Crippen molar-refractivity contribution in [1.29, 1.82) is 0 Å². The van der Waals surface area contributed by atoms with Crippen LogP contribution in [0, 0.1) is 0 Å². The maximum absolute atomic E-state index is 4.82. The molecule has 0 fully saturated rings. The smallest absolute Gasteiger partial charge is 0.209 e. The summed E-state index contributed by atoms with van der Waals surface area (Å²) in [5, 5.41) is 5.65. The van der Waals surface area contributed by atoms with Crippen molar-refractivity contribution in [3.05, 3.63) is 87.0 Å². The molecule has 3 nitrogen and oxygen atoms in total. The van der Waals surface area contributed by atoms with Gasteiger partial charge in [0.25, 0.3) is 0 Å². The lowest BCUT2D eigenvalue weighted by atomic mass is 10.1. The van der Waals surface area contributed by atoms with E-state index in [9.17, 15) is 0 Å². The van der Waals surface area contributed by atoms with Crippen LogP contribution in [0.25, 0.3) is 16.7 Å². The molecule has 2 aromatic heterocycles. The largest absolute Gasteiger partial charge is 0.325 e. The van der Waals surface area contributed by atoms with Crippen molar-refractivity contribution in [3.63, 3.8) is 0 Å². The Morgan fingerprint density at radius 1 is 1.04 bits per heavy atom. The van der Waals surface area contributed by atoms with Gasteiger partial charge in [-0.2, -0.15) is 0 Å². The number of hydrogen-bond acceptors (Lipinski definition) is 3. The standard InChI is InChI=1S/C20H14BrN3S/c21-14-6-3-5-13(11-14)16-12-18(19-9-4-10-25-19)24-17-8-2-1-7-15(17)22-20(24)23-16/h1-12,18H,(H,22,23)/t18-/m0/s1. The average molecular weight is 408 g/mol. The van der Waals surface area contributed by atoms with Crippen LogP contribution in [-0.4, -0.2) is 9.55 Å². The highest BCUT2D eigenvalue weighted by Gasteiger charge is 2.25. The highest BCUT2D eigenvalue weighted by molar-refractivity contribution is 9.10. The molecule has 5 rings (SSSR count). The minimum Gasteiger partial charge on any atom is -0.325 e. The van der Waals surface area contributed by atoms with Gasteiger partial charge >= 0.3 is 0 Å². The van der Waals surface area contributed by atoms with E-state index in [1.807, 2.05) is 12.1 Å². The molecule has 0 bridgehead atoms. The predicted octanol–water partition coefficient (Wildman–Crippen LogP) is 5.92. The summed E-state index contributed by atoms with van der Waals surface area (Å²) < 4.78 is 3.35. The Morgan fingerprint density at radius 2 is 1.96 bits per heavy atom. The Labute approximate surface area is 157 Å². The highest BCUT2D eigenvalue weighted by Crippen LogP contribution is 2.38. The molecule has 1 aliphatic rings. The fourth-order valence-electron chi connectivity index (χ4n) is 3.30. The molecule has 0 radical (unpaired) electrons. The lowest BCUT2D eigenvalue weighted by Crippen LogP contribution is -2.18. The van der Waals surface area contributed by atoms with Crippen molar-refractivity contribution in [3.8, 4) is 0 Å². The van der Waals surface area contributed by atoms with Gasteiger partial charge in [0.05, 0.1) is 17.1 Å². The summed E-state index contributed by atoms with van der Waals surface area (Å²) in [7, 11) is 0. The van der Waals surface area contributed by atoms with Gasteiger partial charge in [-0.3, -0.25) is 4.57 Å².